The van der Waals surface area contributed by atoms with Crippen LogP contribution in [0.15, 0.2) is 39.1 Å². The lowest BCUT2D eigenvalue weighted by molar-refractivity contribution is 0.300. The van der Waals surface area contributed by atoms with Gasteiger partial charge in [-0.2, -0.15) is 0 Å². The molecule has 0 aliphatic carbocycles. The molecule has 52 heavy (non-hydrogen) atoms. The van der Waals surface area contributed by atoms with Gasteiger partial charge < -0.3 is 64.3 Å². The lowest BCUT2D eigenvalue weighted by Crippen LogP contribution is -2.56. The molecule has 6 N–H and O–H groups in total. The molecule has 2 radical (unpaired) electrons. The molecule has 21 heteroatoms. The van der Waals surface area contributed by atoms with Crippen LogP contribution in [-0.4, -0.2) is 146 Å². The summed E-state index contributed by atoms with van der Waals surface area (Å²) in [4.78, 5) is 40.1. The van der Waals surface area contributed by atoms with Gasteiger partial charge in [0.25, 0.3) is 0 Å². The normalized spacial score (nSPS) is 13.9. The number of carbonyl (C=O) groups excluding carboxylic acids is 2. The third kappa shape index (κ3) is 17.0. The molecule has 0 atom stereocenters. The van der Waals surface area contributed by atoms with Crippen molar-refractivity contribution in [2.75, 3.05) is 32.8 Å². The van der Waals surface area contributed by atoms with Crippen LogP contribution in [0.4, 0.5) is 0 Å². The molecule has 1 heterocycles. The number of aliphatic imine (C=N–C) groups is 1. The minimum Gasteiger partial charge on any atom is -0.494 e. The Bertz CT molecular complexity index is 1290. The van der Waals surface area contributed by atoms with Crippen molar-refractivity contribution in [1.82, 2.24) is 25.0 Å². The maximum atomic E-state index is 11.1. The molecule has 0 aromatic heterocycles. The average Bonchev–Trinajstić information content (AvgIpc) is 3.38. The average molecular weight is 718 g/mol. The first kappa shape index (κ1) is 44.8. The van der Waals surface area contributed by atoms with E-state index in [0.717, 1.165) is 63.5 Å². The molecule has 15 nitrogen and oxygen atoms in total. The zero-order valence-corrected chi connectivity index (χ0v) is 31.8. The predicted octanol–water partition coefficient (Wildman–Crippen LogP) is 0.582. The van der Waals surface area contributed by atoms with Gasteiger partial charge in [0.1, 0.15) is 24.0 Å². The van der Waals surface area contributed by atoms with E-state index in [-0.39, 0.29) is 5.54 Å². The van der Waals surface area contributed by atoms with Gasteiger partial charge >= 0.3 is 43.0 Å². The fourth-order valence-corrected chi connectivity index (χ4v) is 5.73. The minimum absolute atomic E-state index is 0.282. The first-order valence-corrected chi connectivity index (χ1v) is 18.3. The molecule has 0 spiro atoms. The quantitative estimate of drug-likeness (QED) is 0.0287. The van der Waals surface area contributed by atoms with Crippen molar-refractivity contribution in [1.29, 1.82) is 0 Å². The van der Waals surface area contributed by atoms with E-state index in [0.29, 0.717) is 69.5 Å². The number of ether oxygens (including phenoxy) is 1. The van der Waals surface area contributed by atoms with E-state index in [4.69, 9.17) is 9.73 Å². The van der Waals surface area contributed by atoms with Gasteiger partial charge in [-0.05, 0) is 91.1 Å². The van der Waals surface area contributed by atoms with Crippen molar-refractivity contribution in [3.63, 3.8) is 0 Å². The molecule has 0 fully saturated rings. The van der Waals surface area contributed by atoms with Gasteiger partial charge in [0.2, 0.25) is 0 Å². The number of carbonyl (C=O) groups is 2. The molecular weight excluding hydrogens is 661 g/mol. The van der Waals surface area contributed by atoms with E-state index in [1.165, 1.54) is 7.41 Å². The Hall–Kier alpha value is -3.40. The van der Waals surface area contributed by atoms with Gasteiger partial charge in [-0.15, -0.1) is 0 Å². The van der Waals surface area contributed by atoms with Crippen molar-refractivity contribution in [3.05, 3.63) is 29.8 Å². The summed E-state index contributed by atoms with van der Waals surface area (Å²) in [6, 6.07) is 7.64. The SMILES string of the molecule is CB(O)N=C(N(CCCCCCCCNC(=N[B]C=O)NB(C)O)B(C)O)N(CCCCOc1ccc(C2=NC(C)(C)CN2[B]C=O)cc1)B(C)O. The van der Waals surface area contributed by atoms with E-state index in [2.05, 4.69) is 20.4 Å². The maximum Gasteiger partial charge on any atom is 0.431 e. The number of unbranched alkanes of at least 4 members (excludes halogenated alkanes) is 6. The molecule has 0 bridgehead atoms. The van der Waals surface area contributed by atoms with Crippen LogP contribution in [0.5, 0.6) is 5.75 Å². The van der Waals surface area contributed by atoms with Crippen molar-refractivity contribution < 1.29 is 34.4 Å². The van der Waals surface area contributed by atoms with Crippen molar-refractivity contribution in [2.45, 2.75) is 98.0 Å². The largest absolute Gasteiger partial charge is 0.494 e. The minimum atomic E-state index is -1.03. The Labute approximate surface area is 313 Å². The summed E-state index contributed by atoms with van der Waals surface area (Å²) in [5, 5.41) is 47.0. The summed E-state index contributed by atoms with van der Waals surface area (Å²) in [6.07, 6.45) is 8.32. The van der Waals surface area contributed by atoms with Gasteiger partial charge in [-0.1, -0.05) is 25.7 Å². The number of rotatable bonds is 24. The van der Waals surface area contributed by atoms with Crippen molar-refractivity contribution in [2.24, 2.45) is 14.8 Å². The van der Waals surface area contributed by atoms with Crippen LogP contribution in [-0.2, 0) is 9.59 Å². The highest BCUT2D eigenvalue weighted by atomic mass is 16.5. The molecule has 1 aliphatic heterocycles. The Morgan fingerprint density at radius 3 is 2.08 bits per heavy atom. The molecule has 0 saturated heterocycles. The first-order valence-electron chi connectivity index (χ1n) is 18.3. The molecule has 1 aromatic carbocycles. The van der Waals surface area contributed by atoms with Gasteiger partial charge in [-0.3, -0.25) is 9.90 Å². The second-order valence-corrected chi connectivity index (χ2v) is 13.6. The van der Waals surface area contributed by atoms with Crippen LogP contribution in [0.1, 0.15) is 70.8 Å². The second-order valence-electron chi connectivity index (χ2n) is 13.6. The van der Waals surface area contributed by atoms with Gasteiger partial charge in [-0.25, -0.2) is 0 Å². The Morgan fingerprint density at radius 1 is 0.923 bits per heavy atom. The molecule has 0 saturated carbocycles. The first-order chi connectivity index (χ1) is 24.8. The summed E-state index contributed by atoms with van der Waals surface area (Å²) < 4.78 is 5.98. The fourth-order valence-electron chi connectivity index (χ4n) is 5.73. The monoisotopic (exact) mass is 718 g/mol. The highest BCUT2D eigenvalue weighted by Crippen LogP contribution is 2.24. The van der Waals surface area contributed by atoms with Crippen LogP contribution < -0.4 is 15.3 Å². The highest BCUT2D eigenvalue weighted by Gasteiger charge is 2.32. The number of guanidine groups is 2. The number of hydrogen-bond acceptors (Lipinski definition) is 11. The topological polar surface area (TPSA) is 195 Å². The fraction of sp³-hybridized carbons (Fsp3) is 0.645. The van der Waals surface area contributed by atoms with Crippen LogP contribution in [0.3, 0.4) is 0 Å². The van der Waals surface area contributed by atoms with E-state index in [9.17, 15) is 29.7 Å². The number of amidine groups is 1. The predicted molar refractivity (Wildman–Crippen MR) is 216 cm³/mol. The van der Waals surface area contributed by atoms with Crippen LogP contribution >= 0.6 is 0 Å². The third-order valence-corrected chi connectivity index (χ3v) is 8.10. The summed E-state index contributed by atoms with van der Waals surface area (Å²) in [7, 11) is -0.996. The zero-order chi connectivity index (χ0) is 38.5. The number of benzene rings is 1. The van der Waals surface area contributed by atoms with E-state index < -0.39 is 28.2 Å². The molecular formula is C31H56B6N8O7. The highest BCUT2D eigenvalue weighted by molar-refractivity contribution is 6.67. The maximum absolute atomic E-state index is 11.1. The smallest absolute Gasteiger partial charge is 0.431 e. The molecule has 2 rings (SSSR count). The zero-order valence-electron chi connectivity index (χ0n) is 31.8. The standard InChI is InChI=1S/C31H56B6N8O7/c1-31(2)23-43(33-25-47)28(39-31)26-15-17-27(18-16-26)52-22-14-13-21-45(37(6)51)30(42-35(4)49)44(36(5)50)20-12-10-8-7-9-11-19-38-29(40-32-24-46)41-34(3)48/h15-18,24-25,48-51H,7-14,19-23H2,1-6H3,(H2,38,40,41). The van der Waals surface area contributed by atoms with Crippen LogP contribution in [0.2, 0.25) is 27.3 Å². The Kier molecular flexibility index (Phi) is 20.7. The number of hydrogen-bond donors (Lipinski definition) is 6. The molecule has 1 aliphatic rings. The molecule has 0 unspecified atom stereocenters. The van der Waals surface area contributed by atoms with Gasteiger partial charge in [0.15, 0.2) is 11.9 Å². The summed E-state index contributed by atoms with van der Waals surface area (Å²) in [6.45, 7) is 13.1. The molecule has 280 valence electrons. The van der Waals surface area contributed by atoms with E-state index in [1.54, 1.807) is 36.9 Å². The Balaban J connectivity index is 1.84. The van der Waals surface area contributed by atoms with E-state index in [1.807, 2.05) is 42.9 Å². The van der Waals surface area contributed by atoms with Crippen LogP contribution in [0, 0.1) is 0 Å². The van der Waals surface area contributed by atoms with Crippen molar-refractivity contribution in [3.8, 4) is 5.75 Å². The summed E-state index contributed by atoms with van der Waals surface area (Å²) in [5.74, 6) is 2.16. The summed E-state index contributed by atoms with van der Waals surface area (Å²) in [5.41, 5.74) is 0.621. The lowest BCUT2D eigenvalue weighted by atomic mass is 9.80. The van der Waals surface area contributed by atoms with Crippen molar-refractivity contribution >= 4 is 73.2 Å². The van der Waals surface area contributed by atoms with Crippen LogP contribution in [0.25, 0.3) is 0 Å². The molecule has 1 aromatic rings. The second kappa shape index (κ2) is 24.0. The number of nitrogens with one attached hydrogen (secondary N) is 2. The molecule has 0 amide bonds. The van der Waals surface area contributed by atoms with E-state index >= 15 is 0 Å². The third-order valence-electron chi connectivity index (χ3n) is 8.10. The Morgan fingerprint density at radius 2 is 1.52 bits per heavy atom. The lowest BCUT2D eigenvalue weighted by Gasteiger charge is -2.37. The number of nitrogens with zero attached hydrogens (tertiary/aromatic N) is 6. The summed E-state index contributed by atoms with van der Waals surface area (Å²) >= 11 is 0. The van der Waals surface area contributed by atoms with Gasteiger partial charge in [0.05, 0.1) is 12.1 Å². The van der Waals surface area contributed by atoms with Gasteiger partial charge in [0, 0.05) is 31.7 Å².